The number of nitrogens with two attached hydrogens (primary N) is 1. The summed E-state index contributed by atoms with van der Waals surface area (Å²) < 4.78 is 0. The highest BCUT2D eigenvalue weighted by Crippen LogP contribution is 2.22. The van der Waals surface area contributed by atoms with Crippen LogP contribution in [-0.2, 0) is 4.79 Å². The van der Waals surface area contributed by atoms with Gasteiger partial charge in [-0.3, -0.25) is 4.79 Å². The molecular weight excluding hydrogens is 274 g/mol. The van der Waals surface area contributed by atoms with Gasteiger partial charge in [-0.2, -0.15) is 0 Å². The lowest BCUT2D eigenvalue weighted by Crippen LogP contribution is -2.47. The van der Waals surface area contributed by atoms with Crippen LogP contribution in [0.5, 0.6) is 0 Å². The lowest BCUT2D eigenvalue weighted by Gasteiger charge is -2.37. The van der Waals surface area contributed by atoms with Crippen molar-refractivity contribution in [2.75, 3.05) is 19.6 Å². The van der Waals surface area contributed by atoms with Crippen molar-refractivity contribution in [1.82, 2.24) is 10.2 Å². The summed E-state index contributed by atoms with van der Waals surface area (Å²) in [6.45, 7) is 8.96. The molecule has 1 heterocycles. The van der Waals surface area contributed by atoms with Crippen LogP contribution in [0.1, 0.15) is 71.1 Å². The minimum absolute atomic E-state index is 0.192. The van der Waals surface area contributed by atoms with Gasteiger partial charge in [-0.1, -0.05) is 32.8 Å². The first-order chi connectivity index (χ1) is 10.7. The average Bonchev–Trinajstić information content (AvgIpc) is 2.54. The Labute approximate surface area is 136 Å². The fourth-order valence-electron chi connectivity index (χ4n) is 3.08. The van der Waals surface area contributed by atoms with Crippen LogP contribution in [0.2, 0.25) is 0 Å². The van der Waals surface area contributed by atoms with E-state index in [0.29, 0.717) is 12.3 Å². The van der Waals surface area contributed by atoms with Crippen LogP contribution >= 0.6 is 0 Å². The van der Waals surface area contributed by atoms with E-state index in [9.17, 15) is 4.79 Å². The molecule has 1 aliphatic rings. The van der Waals surface area contributed by atoms with Crippen LogP contribution in [0.3, 0.4) is 0 Å². The Kier molecular flexibility index (Phi) is 9.96. The molecule has 1 aliphatic heterocycles. The number of carbonyl (C=O) groups is 1. The summed E-state index contributed by atoms with van der Waals surface area (Å²) in [6.07, 6.45) is 10.7. The molecule has 3 N–H and O–H groups in total. The molecule has 0 aromatic heterocycles. The zero-order chi connectivity index (χ0) is 16.2. The number of piperidine rings is 1. The SMILES string of the molecule is C=C(NCCCCCN)C1CCCCN1C(=O)CCCCC. The zero-order valence-corrected chi connectivity index (χ0v) is 14.4. The minimum Gasteiger partial charge on any atom is -0.387 e. The van der Waals surface area contributed by atoms with Crippen molar-refractivity contribution in [2.45, 2.75) is 77.2 Å². The topological polar surface area (TPSA) is 58.4 Å². The second-order valence-electron chi connectivity index (χ2n) is 6.36. The van der Waals surface area contributed by atoms with Gasteiger partial charge in [0.2, 0.25) is 5.91 Å². The molecule has 0 aromatic rings. The Morgan fingerprint density at radius 1 is 1.23 bits per heavy atom. The van der Waals surface area contributed by atoms with Crippen LogP contribution in [-0.4, -0.2) is 36.5 Å². The van der Waals surface area contributed by atoms with E-state index in [2.05, 4.69) is 23.7 Å². The molecule has 4 nitrogen and oxygen atoms in total. The van der Waals surface area contributed by atoms with Crippen molar-refractivity contribution in [3.63, 3.8) is 0 Å². The predicted octanol–water partition coefficient (Wildman–Crippen LogP) is 3.18. The Bertz CT molecular complexity index is 330. The average molecular weight is 309 g/mol. The minimum atomic E-state index is 0.192. The Hall–Kier alpha value is -1.03. The molecule has 1 rings (SSSR count). The largest absolute Gasteiger partial charge is 0.387 e. The zero-order valence-electron chi connectivity index (χ0n) is 14.4. The molecule has 1 atom stereocenters. The fraction of sp³-hybridized carbons (Fsp3) is 0.833. The highest BCUT2D eigenvalue weighted by molar-refractivity contribution is 5.77. The van der Waals surface area contributed by atoms with Gasteiger partial charge in [0, 0.05) is 25.2 Å². The maximum absolute atomic E-state index is 12.4. The summed E-state index contributed by atoms with van der Waals surface area (Å²) in [4.78, 5) is 14.5. The fourth-order valence-corrected chi connectivity index (χ4v) is 3.08. The third-order valence-corrected chi connectivity index (χ3v) is 4.45. The van der Waals surface area contributed by atoms with Crippen molar-refractivity contribution in [3.05, 3.63) is 12.3 Å². The molecule has 1 saturated heterocycles. The Balaban J connectivity index is 2.39. The smallest absolute Gasteiger partial charge is 0.223 e. The van der Waals surface area contributed by atoms with Gasteiger partial charge in [0.1, 0.15) is 0 Å². The summed E-state index contributed by atoms with van der Waals surface area (Å²) in [7, 11) is 0. The van der Waals surface area contributed by atoms with Crippen LogP contribution in [0.15, 0.2) is 12.3 Å². The van der Waals surface area contributed by atoms with Gasteiger partial charge in [0.25, 0.3) is 0 Å². The number of nitrogens with one attached hydrogen (secondary N) is 1. The van der Waals surface area contributed by atoms with Crippen molar-refractivity contribution < 1.29 is 4.79 Å². The summed E-state index contributed by atoms with van der Waals surface area (Å²) in [5.74, 6) is 0.309. The number of rotatable bonds is 11. The molecule has 0 spiro atoms. The third-order valence-electron chi connectivity index (χ3n) is 4.45. The lowest BCUT2D eigenvalue weighted by molar-refractivity contribution is -0.134. The molecule has 0 bridgehead atoms. The molecule has 0 saturated carbocycles. The number of amides is 1. The van der Waals surface area contributed by atoms with Crippen molar-refractivity contribution in [1.29, 1.82) is 0 Å². The maximum Gasteiger partial charge on any atom is 0.223 e. The molecule has 128 valence electrons. The quantitative estimate of drug-likeness (QED) is 0.576. The standard InChI is InChI=1S/C18H35N3O/c1-3-4-6-12-18(22)21-15-10-7-11-17(21)16(2)20-14-9-5-8-13-19/h17,20H,2-15,19H2,1H3. The number of carbonyl (C=O) groups excluding carboxylic acids is 1. The van der Waals surface area contributed by atoms with Crippen molar-refractivity contribution in [3.8, 4) is 0 Å². The summed E-state index contributed by atoms with van der Waals surface area (Å²) in [5.41, 5.74) is 6.53. The Morgan fingerprint density at radius 3 is 2.77 bits per heavy atom. The molecular formula is C18H35N3O. The van der Waals surface area contributed by atoms with Gasteiger partial charge < -0.3 is 16.0 Å². The first kappa shape index (κ1) is 19.0. The van der Waals surface area contributed by atoms with Gasteiger partial charge >= 0.3 is 0 Å². The predicted molar refractivity (Wildman–Crippen MR) is 93.5 cm³/mol. The van der Waals surface area contributed by atoms with Gasteiger partial charge in [-0.15, -0.1) is 0 Å². The number of nitrogens with zero attached hydrogens (tertiary/aromatic N) is 1. The van der Waals surface area contributed by atoms with Crippen LogP contribution in [0, 0.1) is 0 Å². The number of unbranched alkanes of at least 4 members (excludes halogenated alkanes) is 4. The van der Waals surface area contributed by atoms with E-state index < -0.39 is 0 Å². The highest BCUT2D eigenvalue weighted by atomic mass is 16.2. The normalized spacial score (nSPS) is 18.3. The van der Waals surface area contributed by atoms with E-state index in [1.54, 1.807) is 0 Å². The summed E-state index contributed by atoms with van der Waals surface area (Å²) >= 11 is 0. The summed E-state index contributed by atoms with van der Waals surface area (Å²) in [6, 6.07) is 0.192. The Morgan fingerprint density at radius 2 is 2.05 bits per heavy atom. The van der Waals surface area contributed by atoms with Gasteiger partial charge in [-0.25, -0.2) is 0 Å². The van der Waals surface area contributed by atoms with Crippen molar-refractivity contribution in [2.24, 2.45) is 5.73 Å². The van der Waals surface area contributed by atoms with Gasteiger partial charge in [-0.05, 0) is 45.1 Å². The molecule has 4 heteroatoms. The molecule has 1 unspecified atom stereocenters. The molecule has 1 fully saturated rings. The first-order valence-corrected chi connectivity index (χ1v) is 9.13. The molecule has 22 heavy (non-hydrogen) atoms. The number of hydrogen-bond acceptors (Lipinski definition) is 3. The van der Waals surface area contributed by atoms with Crippen molar-refractivity contribution >= 4 is 5.91 Å². The molecule has 1 amide bonds. The monoisotopic (exact) mass is 309 g/mol. The first-order valence-electron chi connectivity index (χ1n) is 9.13. The molecule has 0 aliphatic carbocycles. The van der Waals surface area contributed by atoms with E-state index in [1.807, 2.05) is 0 Å². The maximum atomic E-state index is 12.4. The van der Waals surface area contributed by atoms with E-state index in [1.165, 1.54) is 6.42 Å². The number of hydrogen-bond donors (Lipinski definition) is 2. The third kappa shape index (κ3) is 6.82. The van der Waals surface area contributed by atoms with Gasteiger partial charge in [0.15, 0.2) is 0 Å². The van der Waals surface area contributed by atoms with Crippen LogP contribution in [0.4, 0.5) is 0 Å². The molecule has 0 aromatic carbocycles. The number of likely N-dealkylation sites (tertiary alicyclic amines) is 1. The van der Waals surface area contributed by atoms with E-state index in [-0.39, 0.29) is 6.04 Å². The lowest BCUT2D eigenvalue weighted by atomic mass is 9.98. The highest BCUT2D eigenvalue weighted by Gasteiger charge is 2.28. The van der Waals surface area contributed by atoms with E-state index >= 15 is 0 Å². The van der Waals surface area contributed by atoms with E-state index in [4.69, 9.17) is 5.73 Å². The van der Waals surface area contributed by atoms with E-state index in [0.717, 1.165) is 76.7 Å². The summed E-state index contributed by atoms with van der Waals surface area (Å²) in [5, 5.41) is 3.43. The van der Waals surface area contributed by atoms with Gasteiger partial charge in [0.05, 0.1) is 6.04 Å². The second kappa shape index (κ2) is 11.5. The second-order valence-corrected chi connectivity index (χ2v) is 6.36. The van der Waals surface area contributed by atoms with Crippen LogP contribution in [0.25, 0.3) is 0 Å². The molecule has 0 radical (unpaired) electrons. The van der Waals surface area contributed by atoms with Crippen LogP contribution < -0.4 is 11.1 Å².